The molecule has 1 aromatic rings. The van der Waals surface area contributed by atoms with E-state index in [-0.39, 0.29) is 5.69 Å². The van der Waals surface area contributed by atoms with E-state index in [1.165, 1.54) is 31.4 Å². The highest BCUT2D eigenvalue weighted by Gasteiger charge is 2.22. The number of hydrogen-bond acceptors (Lipinski definition) is 2. The predicted molar refractivity (Wildman–Crippen MR) is 69.7 cm³/mol. The molecule has 2 N–H and O–H groups in total. The maximum atomic E-state index is 13.9. The fraction of sp³-hybridized carbons (Fsp3) is 0.571. The second kappa shape index (κ2) is 5.65. The monoisotopic (exact) mass is 254 g/mol. The smallest absolute Gasteiger partial charge is 0.149 e. The summed E-state index contributed by atoms with van der Waals surface area (Å²) in [6.07, 6.45) is 4.07. The molecule has 2 rings (SSSR count). The maximum absolute atomic E-state index is 13.9. The molecule has 0 radical (unpaired) electrons. The molecule has 1 aliphatic carbocycles. The van der Waals surface area contributed by atoms with E-state index in [9.17, 15) is 8.78 Å². The Hall–Kier alpha value is -1.16. The third-order valence-corrected chi connectivity index (χ3v) is 3.65. The molecular weight excluding hydrogens is 234 g/mol. The molecule has 1 fully saturated rings. The summed E-state index contributed by atoms with van der Waals surface area (Å²) in [7, 11) is 1.75. The zero-order chi connectivity index (χ0) is 13.1. The number of halogens is 2. The van der Waals surface area contributed by atoms with E-state index in [4.69, 9.17) is 5.73 Å². The van der Waals surface area contributed by atoms with Gasteiger partial charge in [-0.2, -0.15) is 0 Å². The third kappa shape index (κ3) is 2.80. The summed E-state index contributed by atoms with van der Waals surface area (Å²) in [5.74, 6) is -0.391. The van der Waals surface area contributed by atoms with Crippen molar-refractivity contribution >= 4 is 5.69 Å². The lowest BCUT2D eigenvalue weighted by Gasteiger charge is -2.31. The standard InChI is InChI=1S/C14H20F2N2/c1-18(9-10-3-2-4-10)14-12(15)7-11(5-6-17)8-13(14)16/h7-8,10H,2-6,9,17H2,1H3. The number of nitrogens with zero attached hydrogens (tertiary/aromatic N) is 1. The quantitative estimate of drug-likeness (QED) is 0.875. The van der Waals surface area contributed by atoms with Crippen molar-refractivity contribution in [2.45, 2.75) is 25.7 Å². The van der Waals surface area contributed by atoms with E-state index in [0.29, 0.717) is 24.4 Å². The summed E-state index contributed by atoms with van der Waals surface area (Å²) < 4.78 is 27.9. The van der Waals surface area contributed by atoms with Crippen LogP contribution in [0.3, 0.4) is 0 Å². The van der Waals surface area contributed by atoms with Crippen LogP contribution >= 0.6 is 0 Å². The Labute approximate surface area is 107 Å². The second-order valence-electron chi connectivity index (χ2n) is 5.12. The van der Waals surface area contributed by atoms with Gasteiger partial charge in [0.15, 0.2) is 0 Å². The first-order valence-electron chi connectivity index (χ1n) is 6.51. The minimum atomic E-state index is -0.486. The summed E-state index contributed by atoms with van der Waals surface area (Å²) in [6, 6.07) is 2.78. The van der Waals surface area contributed by atoms with Crippen LogP contribution in [0.5, 0.6) is 0 Å². The third-order valence-electron chi connectivity index (χ3n) is 3.65. The van der Waals surface area contributed by atoms with Crippen LogP contribution in [-0.2, 0) is 6.42 Å². The lowest BCUT2D eigenvalue weighted by Crippen LogP contribution is -2.30. The molecule has 1 saturated carbocycles. The fourth-order valence-corrected chi connectivity index (χ4v) is 2.45. The second-order valence-corrected chi connectivity index (χ2v) is 5.12. The number of rotatable bonds is 5. The van der Waals surface area contributed by atoms with Crippen molar-refractivity contribution in [3.05, 3.63) is 29.3 Å². The summed E-state index contributed by atoms with van der Waals surface area (Å²) in [6.45, 7) is 1.13. The van der Waals surface area contributed by atoms with Crippen LogP contribution in [0, 0.1) is 17.6 Å². The number of anilines is 1. The molecule has 0 aliphatic heterocycles. The van der Waals surface area contributed by atoms with Crippen molar-refractivity contribution in [3.63, 3.8) is 0 Å². The lowest BCUT2D eigenvalue weighted by atomic mass is 9.85. The summed E-state index contributed by atoms with van der Waals surface area (Å²) in [4.78, 5) is 1.70. The minimum Gasteiger partial charge on any atom is -0.370 e. The van der Waals surface area contributed by atoms with Crippen LogP contribution in [-0.4, -0.2) is 20.1 Å². The van der Waals surface area contributed by atoms with Gasteiger partial charge in [0.25, 0.3) is 0 Å². The normalized spacial score (nSPS) is 15.6. The number of benzene rings is 1. The lowest BCUT2D eigenvalue weighted by molar-refractivity contribution is 0.320. The molecule has 100 valence electrons. The molecule has 0 saturated heterocycles. The average Bonchev–Trinajstić information content (AvgIpc) is 2.23. The van der Waals surface area contributed by atoms with Crippen molar-refractivity contribution < 1.29 is 8.78 Å². The Balaban J connectivity index is 2.15. The van der Waals surface area contributed by atoms with Crippen LogP contribution < -0.4 is 10.6 Å². The van der Waals surface area contributed by atoms with Gasteiger partial charge in [-0.05, 0) is 49.4 Å². The predicted octanol–water partition coefficient (Wildman–Crippen LogP) is 2.70. The van der Waals surface area contributed by atoms with Gasteiger partial charge in [0, 0.05) is 13.6 Å². The number of hydrogen-bond donors (Lipinski definition) is 1. The molecule has 18 heavy (non-hydrogen) atoms. The molecule has 1 aromatic carbocycles. The van der Waals surface area contributed by atoms with E-state index < -0.39 is 11.6 Å². The van der Waals surface area contributed by atoms with Gasteiger partial charge >= 0.3 is 0 Å². The van der Waals surface area contributed by atoms with E-state index in [2.05, 4.69) is 0 Å². The minimum absolute atomic E-state index is 0.0858. The zero-order valence-corrected chi connectivity index (χ0v) is 10.8. The van der Waals surface area contributed by atoms with E-state index >= 15 is 0 Å². The summed E-state index contributed by atoms with van der Waals surface area (Å²) in [5, 5.41) is 0. The van der Waals surface area contributed by atoms with Crippen LogP contribution in [0.25, 0.3) is 0 Å². The Morgan fingerprint density at radius 2 is 1.89 bits per heavy atom. The molecule has 0 aromatic heterocycles. The van der Waals surface area contributed by atoms with Crippen molar-refractivity contribution in [2.24, 2.45) is 11.7 Å². The first kappa shape index (κ1) is 13.3. The average molecular weight is 254 g/mol. The molecule has 0 amide bonds. The molecule has 0 spiro atoms. The van der Waals surface area contributed by atoms with Gasteiger partial charge in [-0.15, -0.1) is 0 Å². The van der Waals surface area contributed by atoms with Gasteiger partial charge in [0.1, 0.15) is 17.3 Å². The van der Waals surface area contributed by atoms with Crippen molar-refractivity contribution in [1.82, 2.24) is 0 Å². The van der Waals surface area contributed by atoms with Gasteiger partial charge < -0.3 is 10.6 Å². The Kier molecular flexibility index (Phi) is 4.17. The van der Waals surface area contributed by atoms with Crippen LogP contribution in [0.1, 0.15) is 24.8 Å². The van der Waals surface area contributed by atoms with Gasteiger partial charge in [0.2, 0.25) is 0 Å². The molecule has 0 heterocycles. The highest BCUT2D eigenvalue weighted by atomic mass is 19.1. The summed E-state index contributed by atoms with van der Waals surface area (Å²) in [5.41, 5.74) is 6.10. The van der Waals surface area contributed by atoms with Gasteiger partial charge in [-0.1, -0.05) is 6.42 Å². The van der Waals surface area contributed by atoms with Crippen LogP contribution in [0.15, 0.2) is 12.1 Å². The van der Waals surface area contributed by atoms with Gasteiger partial charge in [-0.3, -0.25) is 0 Å². The van der Waals surface area contributed by atoms with E-state index in [0.717, 1.165) is 6.54 Å². The Morgan fingerprint density at radius 3 is 2.33 bits per heavy atom. The fourth-order valence-electron chi connectivity index (χ4n) is 2.45. The molecule has 0 bridgehead atoms. The van der Waals surface area contributed by atoms with Crippen LogP contribution in [0.4, 0.5) is 14.5 Å². The van der Waals surface area contributed by atoms with E-state index in [1.807, 2.05) is 0 Å². The largest absolute Gasteiger partial charge is 0.370 e. The topological polar surface area (TPSA) is 29.3 Å². The van der Waals surface area contributed by atoms with Gasteiger partial charge in [-0.25, -0.2) is 8.78 Å². The van der Waals surface area contributed by atoms with Crippen LogP contribution in [0.2, 0.25) is 0 Å². The zero-order valence-electron chi connectivity index (χ0n) is 10.8. The molecule has 0 unspecified atom stereocenters. The molecule has 2 nitrogen and oxygen atoms in total. The first-order valence-corrected chi connectivity index (χ1v) is 6.51. The molecule has 4 heteroatoms. The van der Waals surface area contributed by atoms with Gasteiger partial charge in [0.05, 0.1) is 0 Å². The van der Waals surface area contributed by atoms with Crippen molar-refractivity contribution in [2.75, 3.05) is 25.0 Å². The van der Waals surface area contributed by atoms with E-state index in [1.54, 1.807) is 11.9 Å². The van der Waals surface area contributed by atoms with Crippen molar-refractivity contribution in [1.29, 1.82) is 0 Å². The Bertz CT molecular complexity index is 393. The first-order chi connectivity index (χ1) is 8.61. The number of nitrogens with two attached hydrogens (primary N) is 1. The Morgan fingerprint density at radius 1 is 1.28 bits per heavy atom. The molecule has 1 aliphatic rings. The summed E-state index contributed by atoms with van der Waals surface area (Å²) >= 11 is 0. The molecular formula is C14H20F2N2. The molecule has 0 atom stereocenters. The highest BCUT2D eigenvalue weighted by Crippen LogP contribution is 2.30. The highest BCUT2D eigenvalue weighted by molar-refractivity contribution is 5.50. The van der Waals surface area contributed by atoms with Crippen molar-refractivity contribution in [3.8, 4) is 0 Å². The SMILES string of the molecule is CN(CC1CCC1)c1c(F)cc(CCN)cc1F. The maximum Gasteiger partial charge on any atom is 0.149 e.